The Kier molecular flexibility index (Phi) is 2.13. The van der Waals surface area contributed by atoms with Crippen LogP contribution in [0.3, 0.4) is 0 Å². The van der Waals surface area contributed by atoms with E-state index < -0.39 is 5.60 Å². The normalized spacial score (nSPS) is 58.5. The molecule has 2 unspecified atom stereocenters. The average Bonchev–Trinajstić information content (AvgIpc) is 2.51. The molecule has 1 saturated heterocycles. The van der Waals surface area contributed by atoms with Crippen molar-refractivity contribution in [3.05, 3.63) is 12.2 Å². The minimum absolute atomic E-state index is 0.136. The molecule has 86 valence electrons. The number of ether oxygens (including phenoxy) is 1. The molecule has 0 aromatic rings. The summed E-state index contributed by atoms with van der Waals surface area (Å²) < 4.78 is 6.12. The molecule has 0 spiro atoms. The van der Waals surface area contributed by atoms with Crippen molar-refractivity contribution < 1.29 is 9.84 Å². The van der Waals surface area contributed by atoms with Crippen LogP contribution in [0.25, 0.3) is 0 Å². The van der Waals surface area contributed by atoms with Crippen LogP contribution >= 0.6 is 0 Å². The Morgan fingerprint density at radius 2 is 1.53 bits per heavy atom. The Hall–Kier alpha value is -0.340. The van der Waals surface area contributed by atoms with Crippen molar-refractivity contribution in [1.82, 2.24) is 0 Å². The maximum absolute atomic E-state index is 10.8. The molecule has 2 heteroatoms. The lowest BCUT2D eigenvalue weighted by molar-refractivity contribution is -0.252. The molecule has 15 heavy (non-hydrogen) atoms. The second-order valence-electron chi connectivity index (χ2n) is 5.59. The molecule has 2 nitrogen and oxygen atoms in total. The summed E-state index contributed by atoms with van der Waals surface area (Å²) >= 11 is 0. The van der Waals surface area contributed by atoms with Gasteiger partial charge in [-0.3, -0.25) is 0 Å². The van der Waals surface area contributed by atoms with Crippen molar-refractivity contribution in [1.29, 1.82) is 0 Å². The van der Waals surface area contributed by atoms with Crippen LogP contribution in [0.5, 0.6) is 0 Å². The SMILES string of the molecule is CCC1(O)[C@H](C)C2(C)C=C[C@@](C)(O2)[C@@H]1C. The van der Waals surface area contributed by atoms with Crippen molar-refractivity contribution in [2.75, 3.05) is 0 Å². The number of hydrogen-bond acceptors (Lipinski definition) is 2. The first-order valence-corrected chi connectivity index (χ1v) is 5.91. The van der Waals surface area contributed by atoms with E-state index >= 15 is 0 Å². The van der Waals surface area contributed by atoms with Gasteiger partial charge in [0.15, 0.2) is 0 Å². The third kappa shape index (κ3) is 1.18. The summed E-state index contributed by atoms with van der Waals surface area (Å²) in [7, 11) is 0. The molecule has 2 aliphatic rings. The highest BCUT2D eigenvalue weighted by molar-refractivity contribution is 5.26. The van der Waals surface area contributed by atoms with Gasteiger partial charge in [0.05, 0.1) is 16.8 Å². The molecule has 0 aliphatic carbocycles. The molecule has 2 rings (SSSR count). The minimum Gasteiger partial charge on any atom is -0.389 e. The van der Waals surface area contributed by atoms with Crippen LogP contribution in [-0.2, 0) is 4.74 Å². The van der Waals surface area contributed by atoms with E-state index in [0.29, 0.717) is 0 Å². The van der Waals surface area contributed by atoms with Gasteiger partial charge in [0.25, 0.3) is 0 Å². The number of aliphatic hydroxyl groups is 1. The van der Waals surface area contributed by atoms with E-state index in [2.05, 4.69) is 46.8 Å². The lowest BCUT2D eigenvalue weighted by Crippen LogP contribution is -2.63. The summed E-state index contributed by atoms with van der Waals surface area (Å²) in [5, 5.41) is 10.8. The van der Waals surface area contributed by atoms with Gasteiger partial charge >= 0.3 is 0 Å². The van der Waals surface area contributed by atoms with Crippen LogP contribution in [0.4, 0.5) is 0 Å². The zero-order chi connectivity index (χ0) is 11.5. The number of hydrogen-bond donors (Lipinski definition) is 1. The smallest absolute Gasteiger partial charge is 0.0900 e. The van der Waals surface area contributed by atoms with Crippen molar-refractivity contribution in [3.8, 4) is 0 Å². The van der Waals surface area contributed by atoms with E-state index in [1.165, 1.54) is 0 Å². The Labute approximate surface area is 92.3 Å². The topological polar surface area (TPSA) is 29.5 Å². The molecule has 0 amide bonds. The fourth-order valence-corrected chi connectivity index (χ4v) is 3.32. The quantitative estimate of drug-likeness (QED) is 0.674. The van der Waals surface area contributed by atoms with E-state index in [1.54, 1.807) is 0 Å². The monoisotopic (exact) mass is 210 g/mol. The summed E-state index contributed by atoms with van der Waals surface area (Å²) in [6.45, 7) is 10.4. The van der Waals surface area contributed by atoms with E-state index in [0.717, 1.165) is 6.42 Å². The summed E-state index contributed by atoms with van der Waals surface area (Å²) in [4.78, 5) is 0. The van der Waals surface area contributed by atoms with Crippen molar-refractivity contribution >= 4 is 0 Å². The Bertz CT molecular complexity index is 286. The maximum atomic E-state index is 10.8. The predicted molar refractivity (Wildman–Crippen MR) is 60.6 cm³/mol. The highest BCUT2D eigenvalue weighted by atomic mass is 16.5. The van der Waals surface area contributed by atoms with Crippen LogP contribution in [-0.4, -0.2) is 21.9 Å². The molecule has 0 aromatic heterocycles. The van der Waals surface area contributed by atoms with Crippen molar-refractivity contribution in [3.63, 3.8) is 0 Å². The van der Waals surface area contributed by atoms with Gasteiger partial charge in [-0.2, -0.15) is 0 Å². The first-order valence-electron chi connectivity index (χ1n) is 5.91. The zero-order valence-electron chi connectivity index (χ0n) is 10.4. The van der Waals surface area contributed by atoms with Crippen molar-refractivity contribution in [2.24, 2.45) is 11.8 Å². The van der Waals surface area contributed by atoms with E-state index in [-0.39, 0.29) is 23.0 Å². The molecule has 0 aromatic carbocycles. The van der Waals surface area contributed by atoms with Crippen LogP contribution in [0, 0.1) is 11.8 Å². The lowest BCUT2D eigenvalue weighted by atomic mass is 9.64. The third-order valence-corrected chi connectivity index (χ3v) is 4.97. The standard InChI is InChI=1S/C13H22O2/c1-6-13(14)9(2)11(4)7-8-12(5,15-11)10(13)3/h7-10,14H,6H2,1-5H3/t9-,10+,11+,12?,13?/m0/s1. The van der Waals surface area contributed by atoms with Crippen LogP contribution in [0.2, 0.25) is 0 Å². The highest BCUT2D eigenvalue weighted by Gasteiger charge is 2.61. The second-order valence-corrected chi connectivity index (χ2v) is 5.59. The van der Waals surface area contributed by atoms with E-state index in [4.69, 9.17) is 4.74 Å². The molecule has 0 saturated carbocycles. The molecule has 1 fully saturated rings. The highest BCUT2D eigenvalue weighted by Crippen LogP contribution is 2.54. The van der Waals surface area contributed by atoms with Gasteiger partial charge in [-0.25, -0.2) is 0 Å². The number of rotatable bonds is 1. The molecule has 2 heterocycles. The van der Waals surface area contributed by atoms with Crippen LogP contribution < -0.4 is 0 Å². The fraction of sp³-hybridized carbons (Fsp3) is 0.846. The summed E-state index contributed by atoms with van der Waals surface area (Å²) in [6.07, 6.45) is 5.04. The van der Waals surface area contributed by atoms with E-state index in [1.807, 2.05) is 0 Å². The first kappa shape index (κ1) is 11.2. The predicted octanol–water partition coefficient (Wildman–Crippen LogP) is 2.52. The Balaban J connectivity index is 2.48. The number of fused-ring (bicyclic) bond motifs is 2. The largest absolute Gasteiger partial charge is 0.389 e. The van der Waals surface area contributed by atoms with Crippen molar-refractivity contribution in [2.45, 2.75) is 57.8 Å². The molecular weight excluding hydrogens is 188 g/mol. The Morgan fingerprint density at radius 1 is 1.13 bits per heavy atom. The van der Waals surface area contributed by atoms with Gasteiger partial charge < -0.3 is 9.84 Å². The van der Waals surface area contributed by atoms with Gasteiger partial charge in [0.2, 0.25) is 0 Å². The summed E-state index contributed by atoms with van der Waals surface area (Å²) in [5.74, 6) is 0.272. The maximum Gasteiger partial charge on any atom is 0.0900 e. The first-order chi connectivity index (χ1) is 6.78. The average molecular weight is 210 g/mol. The second kappa shape index (κ2) is 2.86. The molecule has 0 radical (unpaired) electrons. The third-order valence-electron chi connectivity index (χ3n) is 4.97. The van der Waals surface area contributed by atoms with Gasteiger partial charge in [0.1, 0.15) is 0 Å². The zero-order valence-corrected chi connectivity index (χ0v) is 10.4. The van der Waals surface area contributed by atoms with Crippen LogP contribution in [0.15, 0.2) is 12.2 Å². The minimum atomic E-state index is -0.620. The molecular formula is C13H22O2. The molecule has 1 N–H and O–H groups in total. The van der Waals surface area contributed by atoms with Crippen LogP contribution in [0.1, 0.15) is 41.0 Å². The van der Waals surface area contributed by atoms with Gasteiger partial charge in [-0.15, -0.1) is 0 Å². The van der Waals surface area contributed by atoms with Gasteiger partial charge in [0, 0.05) is 11.8 Å². The Morgan fingerprint density at radius 3 is 1.87 bits per heavy atom. The lowest BCUT2D eigenvalue weighted by Gasteiger charge is -2.55. The molecule has 2 bridgehead atoms. The van der Waals surface area contributed by atoms with Gasteiger partial charge in [-0.05, 0) is 20.3 Å². The van der Waals surface area contributed by atoms with Gasteiger partial charge in [-0.1, -0.05) is 32.9 Å². The fourth-order valence-electron chi connectivity index (χ4n) is 3.32. The van der Waals surface area contributed by atoms with E-state index in [9.17, 15) is 5.11 Å². The summed E-state index contributed by atoms with van der Waals surface area (Å²) in [5.41, 5.74) is -1.22. The molecule has 2 aliphatic heterocycles. The summed E-state index contributed by atoms with van der Waals surface area (Å²) in [6, 6.07) is 0. The molecule has 5 atom stereocenters.